The van der Waals surface area contributed by atoms with Gasteiger partial charge in [-0.3, -0.25) is 29.0 Å². The van der Waals surface area contributed by atoms with Crippen molar-refractivity contribution in [3.05, 3.63) is 35.9 Å². The fraction of sp³-hybridized carbons (Fsp3) is 0.474. The van der Waals surface area contributed by atoms with Crippen LogP contribution in [0.2, 0.25) is 0 Å². The summed E-state index contributed by atoms with van der Waals surface area (Å²) in [5.41, 5.74) is -2.58. The topological polar surface area (TPSA) is 93.2 Å². The van der Waals surface area contributed by atoms with Crippen LogP contribution in [0.5, 0.6) is 0 Å². The van der Waals surface area contributed by atoms with Crippen molar-refractivity contribution < 1.29 is 28.7 Å². The average Bonchev–Trinajstić information content (AvgIpc) is 3.21. The van der Waals surface area contributed by atoms with E-state index in [1.807, 2.05) is 30.3 Å². The Bertz CT molecular complexity index is 901. The summed E-state index contributed by atoms with van der Waals surface area (Å²) in [6.07, 6.45) is 0. The second-order valence-electron chi connectivity index (χ2n) is 7.55. The number of hydrogen-bond donors (Lipinski definition) is 0. The first-order valence-electron chi connectivity index (χ1n) is 8.85. The standard InChI is InChI=1S/C19H18N2O6/c1-10(22)19-14-13(15(23)20(2)16(14)24)18(27-19)9-26-8-12(21(18)17(19)25)11-6-4-3-5-7-11/h3-7,12-14H,8-9H2,1-2H3/t12-,13+,14-,18-,19-/m1/s1. The average molecular weight is 370 g/mol. The number of carbonyl (C=O) groups excluding carboxylic acids is 4. The molecule has 5 rings (SSSR count). The van der Waals surface area contributed by atoms with Crippen LogP contribution in [0.15, 0.2) is 30.3 Å². The number of imide groups is 1. The molecule has 3 amide bonds. The van der Waals surface area contributed by atoms with Gasteiger partial charge in [0.1, 0.15) is 11.8 Å². The molecule has 0 aliphatic carbocycles. The van der Waals surface area contributed by atoms with E-state index in [4.69, 9.17) is 9.47 Å². The van der Waals surface area contributed by atoms with Gasteiger partial charge in [-0.05, 0) is 12.5 Å². The molecule has 4 heterocycles. The van der Waals surface area contributed by atoms with Crippen molar-refractivity contribution in [2.45, 2.75) is 24.3 Å². The normalized spacial score (nSPS) is 39.8. The monoisotopic (exact) mass is 370 g/mol. The molecule has 0 saturated carbocycles. The highest BCUT2D eigenvalue weighted by Gasteiger charge is 2.85. The Kier molecular flexibility index (Phi) is 3.08. The summed E-state index contributed by atoms with van der Waals surface area (Å²) < 4.78 is 11.8. The Balaban J connectivity index is 1.72. The summed E-state index contributed by atoms with van der Waals surface area (Å²) in [7, 11) is 1.38. The Hall–Kier alpha value is -2.58. The number of benzene rings is 1. The number of carbonyl (C=O) groups is 4. The molecule has 4 aliphatic rings. The van der Waals surface area contributed by atoms with Gasteiger partial charge in [0.15, 0.2) is 11.5 Å². The minimum absolute atomic E-state index is 0.0505. The van der Waals surface area contributed by atoms with Crippen LogP contribution in [0.4, 0.5) is 0 Å². The second kappa shape index (κ2) is 5.02. The summed E-state index contributed by atoms with van der Waals surface area (Å²) in [5, 5.41) is 0. The number of rotatable bonds is 2. The lowest BCUT2D eigenvalue weighted by Crippen LogP contribution is -2.66. The second-order valence-corrected chi connectivity index (χ2v) is 7.55. The lowest BCUT2D eigenvalue weighted by atomic mass is 9.71. The van der Waals surface area contributed by atoms with Crippen LogP contribution >= 0.6 is 0 Å². The van der Waals surface area contributed by atoms with Crippen LogP contribution in [0, 0.1) is 11.8 Å². The number of piperidine rings is 1. The van der Waals surface area contributed by atoms with Crippen molar-refractivity contribution in [3.8, 4) is 0 Å². The Labute approximate surface area is 155 Å². The molecule has 27 heavy (non-hydrogen) atoms. The van der Waals surface area contributed by atoms with Gasteiger partial charge in [-0.25, -0.2) is 0 Å². The van der Waals surface area contributed by atoms with Gasteiger partial charge in [0, 0.05) is 7.05 Å². The maximum Gasteiger partial charge on any atom is 0.266 e. The highest BCUT2D eigenvalue weighted by molar-refractivity contribution is 6.20. The molecule has 140 valence electrons. The van der Waals surface area contributed by atoms with Gasteiger partial charge in [-0.2, -0.15) is 0 Å². The zero-order valence-corrected chi connectivity index (χ0v) is 14.9. The number of hydrogen-bond acceptors (Lipinski definition) is 6. The lowest BCUT2D eigenvalue weighted by molar-refractivity contribution is -0.208. The molecule has 0 aromatic heterocycles. The first-order valence-corrected chi connectivity index (χ1v) is 8.85. The van der Waals surface area contributed by atoms with Gasteiger partial charge >= 0.3 is 0 Å². The minimum atomic E-state index is -1.96. The molecule has 1 spiro atoms. The molecule has 4 fully saturated rings. The Morgan fingerprint density at radius 3 is 2.44 bits per heavy atom. The third kappa shape index (κ3) is 1.66. The summed E-state index contributed by atoms with van der Waals surface area (Å²) in [6, 6.07) is 8.77. The fourth-order valence-electron chi connectivity index (χ4n) is 5.15. The number of nitrogens with zero attached hydrogens (tertiary/aromatic N) is 2. The third-order valence-electron chi connectivity index (χ3n) is 6.34. The van der Waals surface area contributed by atoms with Crippen molar-refractivity contribution in [1.82, 2.24) is 9.80 Å². The first-order chi connectivity index (χ1) is 12.9. The Morgan fingerprint density at radius 2 is 1.78 bits per heavy atom. The summed E-state index contributed by atoms with van der Waals surface area (Å²) in [5.74, 6) is -4.17. The van der Waals surface area contributed by atoms with Gasteiger partial charge in [-0.15, -0.1) is 0 Å². The zero-order chi connectivity index (χ0) is 19.1. The van der Waals surface area contributed by atoms with Gasteiger partial charge < -0.3 is 9.47 Å². The van der Waals surface area contributed by atoms with Gasteiger partial charge in [0.25, 0.3) is 5.91 Å². The molecule has 1 aromatic rings. The van der Waals surface area contributed by atoms with E-state index in [0.29, 0.717) is 0 Å². The highest BCUT2D eigenvalue weighted by atomic mass is 16.6. The summed E-state index contributed by atoms with van der Waals surface area (Å²) in [4.78, 5) is 54.2. The number of amides is 3. The number of ether oxygens (including phenoxy) is 2. The van der Waals surface area contributed by atoms with E-state index < -0.39 is 52.7 Å². The quantitative estimate of drug-likeness (QED) is 0.533. The predicted molar refractivity (Wildman–Crippen MR) is 88.8 cm³/mol. The molecule has 0 N–H and O–H groups in total. The largest absolute Gasteiger partial charge is 0.374 e. The van der Waals surface area contributed by atoms with Crippen molar-refractivity contribution in [2.24, 2.45) is 11.8 Å². The number of likely N-dealkylation sites (tertiary alicyclic amines) is 1. The van der Waals surface area contributed by atoms with Crippen molar-refractivity contribution in [1.29, 1.82) is 0 Å². The van der Waals surface area contributed by atoms with Crippen LogP contribution in [0.1, 0.15) is 18.5 Å². The van der Waals surface area contributed by atoms with Crippen molar-refractivity contribution in [3.63, 3.8) is 0 Å². The highest BCUT2D eigenvalue weighted by Crippen LogP contribution is 2.62. The van der Waals surface area contributed by atoms with Crippen LogP contribution in [-0.4, -0.2) is 64.9 Å². The third-order valence-corrected chi connectivity index (χ3v) is 6.34. The molecule has 4 aliphatic heterocycles. The smallest absolute Gasteiger partial charge is 0.266 e. The molecule has 4 saturated heterocycles. The zero-order valence-electron chi connectivity index (χ0n) is 14.9. The van der Waals surface area contributed by atoms with Crippen molar-refractivity contribution in [2.75, 3.05) is 20.3 Å². The number of Topliss-reactive ketones (excluding diaryl/α,β-unsaturated/α-hetero) is 1. The number of fused-ring (bicyclic) bond motifs is 3. The van der Waals surface area contributed by atoms with E-state index in [2.05, 4.69) is 0 Å². The molecule has 8 heteroatoms. The molecule has 5 atom stereocenters. The number of morpholine rings is 1. The summed E-state index contributed by atoms with van der Waals surface area (Å²) >= 11 is 0. The van der Waals surface area contributed by atoms with E-state index in [9.17, 15) is 19.2 Å². The fourth-order valence-corrected chi connectivity index (χ4v) is 5.15. The first kappa shape index (κ1) is 16.6. The molecule has 0 unspecified atom stereocenters. The van der Waals surface area contributed by atoms with Crippen LogP contribution in [0.3, 0.4) is 0 Å². The molecule has 0 radical (unpaired) electrons. The van der Waals surface area contributed by atoms with Crippen LogP contribution in [0.25, 0.3) is 0 Å². The molecule has 2 bridgehead atoms. The van der Waals surface area contributed by atoms with E-state index in [1.54, 1.807) is 0 Å². The van der Waals surface area contributed by atoms with Gasteiger partial charge in [0.2, 0.25) is 17.4 Å². The molecule has 1 aromatic carbocycles. The summed E-state index contributed by atoms with van der Waals surface area (Å²) in [6.45, 7) is 1.41. The molecule has 8 nitrogen and oxygen atoms in total. The van der Waals surface area contributed by atoms with Gasteiger partial charge in [0.05, 0.1) is 19.3 Å². The van der Waals surface area contributed by atoms with Crippen molar-refractivity contribution >= 4 is 23.5 Å². The van der Waals surface area contributed by atoms with Crippen LogP contribution < -0.4 is 0 Å². The maximum absolute atomic E-state index is 13.5. The molecular weight excluding hydrogens is 352 g/mol. The lowest BCUT2D eigenvalue weighted by Gasteiger charge is -2.48. The minimum Gasteiger partial charge on any atom is -0.374 e. The van der Waals surface area contributed by atoms with Gasteiger partial charge in [-0.1, -0.05) is 30.3 Å². The maximum atomic E-state index is 13.5. The van der Waals surface area contributed by atoms with E-state index in [1.165, 1.54) is 18.9 Å². The van der Waals surface area contributed by atoms with E-state index in [-0.39, 0.29) is 13.2 Å². The predicted octanol–water partition coefficient (Wildman–Crippen LogP) is -0.115. The van der Waals surface area contributed by atoms with Crippen LogP contribution in [-0.2, 0) is 28.7 Å². The molecular formula is C19H18N2O6. The number of ketones is 1. The van der Waals surface area contributed by atoms with E-state index in [0.717, 1.165) is 10.5 Å². The Morgan fingerprint density at radius 1 is 1.11 bits per heavy atom. The van der Waals surface area contributed by atoms with E-state index >= 15 is 0 Å². The SMILES string of the molecule is CC(=O)[C@]12O[C@]3(COC[C@H](c4ccccc4)N3C1=O)[C@@H]1C(=O)N(C)C(=O)[C@@H]12.